The Morgan fingerprint density at radius 2 is 1.66 bits per heavy atom. The maximum atomic E-state index is 15.9. The van der Waals surface area contributed by atoms with Gasteiger partial charge in [0, 0.05) is 12.6 Å². The van der Waals surface area contributed by atoms with Crippen molar-refractivity contribution in [1.29, 1.82) is 0 Å². The third-order valence-electron chi connectivity index (χ3n) is 6.42. The summed E-state index contributed by atoms with van der Waals surface area (Å²) in [6, 6.07) is 1.15. The number of phosphoric acid groups is 3. The van der Waals surface area contributed by atoms with Crippen molar-refractivity contribution >= 4 is 46.9 Å². The molecule has 0 aromatic carbocycles. The highest BCUT2D eigenvalue weighted by atomic mass is 35.5. The summed E-state index contributed by atoms with van der Waals surface area (Å²) in [5.41, 5.74) is 2.12. The third-order valence-corrected chi connectivity index (χ3v) is 10.7. The molecule has 0 bridgehead atoms. The Kier molecular flexibility index (Phi) is 15.1. The van der Waals surface area contributed by atoms with E-state index < -0.39 is 71.7 Å². The topological polar surface area (TPSA) is 256 Å². The molecule has 6 N–H and O–H groups in total. The number of phosphoric ester groups is 1. The van der Waals surface area contributed by atoms with E-state index in [-0.39, 0.29) is 12.2 Å². The van der Waals surface area contributed by atoms with Gasteiger partial charge in [-0.3, -0.25) is 13.9 Å². The SMILES string of the molecule is CCCCCCCCCCCC(=O)O[C@H]1[C@@H](F)[C@H](n2ccc(N)nc2=O)O[C@]1(CCl)COP(=O)(O)OP(=O)(O)OP(=O)(O)O. The number of aromatic nitrogens is 2. The average Bonchev–Trinajstić information content (AvgIpc) is 3.16. The van der Waals surface area contributed by atoms with Gasteiger partial charge in [-0.25, -0.2) is 22.9 Å². The molecule has 0 aliphatic carbocycles. The van der Waals surface area contributed by atoms with Crippen LogP contribution in [-0.2, 0) is 41.1 Å². The fourth-order valence-corrected chi connectivity index (χ4v) is 7.72. The number of anilines is 1. The largest absolute Gasteiger partial charge is 0.490 e. The Bertz CT molecular complexity index is 1300. The van der Waals surface area contributed by atoms with Crippen LogP contribution in [0.15, 0.2) is 17.1 Å². The van der Waals surface area contributed by atoms with Crippen molar-refractivity contribution in [2.75, 3.05) is 18.2 Å². The summed E-state index contributed by atoms with van der Waals surface area (Å²) in [6.45, 7) is 0.884. The molecule has 44 heavy (non-hydrogen) atoms. The van der Waals surface area contributed by atoms with E-state index in [0.29, 0.717) is 17.4 Å². The highest BCUT2D eigenvalue weighted by molar-refractivity contribution is 7.66. The van der Waals surface area contributed by atoms with Crippen LogP contribution in [0.5, 0.6) is 0 Å². The van der Waals surface area contributed by atoms with Crippen LogP contribution in [0.3, 0.4) is 0 Å². The molecule has 22 heteroatoms. The average molecular weight is 716 g/mol. The molecule has 0 amide bonds. The van der Waals surface area contributed by atoms with E-state index in [1.807, 2.05) is 0 Å². The minimum absolute atomic E-state index is 0.124. The molecule has 1 saturated heterocycles. The van der Waals surface area contributed by atoms with E-state index >= 15 is 4.39 Å². The molecule has 1 aromatic rings. The van der Waals surface area contributed by atoms with E-state index in [1.54, 1.807) is 0 Å². The van der Waals surface area contributed by atoms with E-state index in [1.165, 1.54) is 12.8 Å². The molecule has 6 atom stereocenters. The zero-order chi connectivity index (χ0) is 33.2. The summed E-state index contributed by atoms with van der Waals surface area (Å²) >= 11 is 6.05. The van der Waals surface area contributed by atoms with Gasteiger partial charge in [0.15, 0.2) is 18.5 Å². The maximum absolute atomic E-state index is 15.9. The molecular weight excluding hydrogens is 678 g/mol. The zero-order valence-electron chi connectivity index (χ0n) is 23.8. The van der Waals surface area contributed by atoms with E-state index in [2.05, 4.69) is 25.1 Å². The fourth-order valence-electron chi connectivity index (χ4n) is 4.35. The lowest BCUT2D eigenvalue weighted by atomic mass is 9.98. The number of nitrogen functional groups attached to an aromatic ring is 1. The van der Waals surface area contributed by atoms with Gasteiger partial charge in [0.25, 0.3) is 0 Å². The first kappa shape index (κ1) is 38.9. The number of halogens is 2. The number of nitrogens with zero attached hydrogens (tertiary/aromatic N) is 2. The number of unbranched alkanes of at least 4 members (excludes halogenated alkanes) is 8. The first-order valence-corrected chi connectivity index (χ1v) is 18.7. The lowest BCUT2D eigenvalue weighted by molar-refractivity contribution is -0.164. The van der Waals surface area contributed by atoms with Crippen molar-refractivity contribution in [3.05, 3.63) is 22.7 Å². The lowest BCUT2D eigenvalue weighted by Gasteiger charge is -2.32. The van der Waals surface area contributed by atoms with Crippen LogP contribution < -0.4 is 11.4 Å². The van der Waals surface area contributed by atoms with Crippen LogP contribution in [0.1, 0.15) is 77.4 Å². The molecule has 2 unspecified atom stereocenters. The van der Waals surface area contributed by atoms with Gasteiger partial charge in [-0.1, -0.05) is 58.3 Å². The Morgan fingerprint density at radius 1 is 1.07 bits per heavy atom. The molecule has 2 heterocycles. The van der Waals surface area contributed by atoms with Gasteiger partial charge in [-0.15, -0.1) is 11.6 Å². The molecular formula is C22H38ClFN3O14P3. The Morgan fingerprint density at radius 3 is 2.20 bits per heavy atom. The van der Waals surface area contributed by atoms with Crippen LogP contribution in [0, 0.1) is 0 Å². The quantitative estimate of drug-likeness (QED) is 0.0556. The van der Waals surface area contributed by atoms with Gasteiger partial charge < -0.3 is 34.8 Å². The maximum Gasteiger partial charge on any atom is 0.490 e. The van der Waals surface area contributed by atoms with Crippen molar-refractivity contribution in [1.82, 2.24) is 9.55 Å². The number of carbonyl (C=O) groups is 1. The molecule has 1 aliphatic heterocycles. The smallest absolute Gasteiger partial charge is 0.456 e. The summed E-state index contributed by atoms with van der Waals surface area (Å²) in [7, 11) is -17.3. The normalized spacial score (nSPS) is 24.9. The van der Waals surface area contributed by atoms with Crippen molar-refractivity contribution in [2.45, 2.75) is 95.2 Å². The number of rotatable bonds is 20. The Balaban J connectivity index is 2.18. The van der Waals surface area contributed by atoms with Gasteiger partial charge in [0.1, 0.15) is 11.4 Å². The van der Waals surface area contributed by atoms with E-state index in [4.69, 9.17) is 36.6 Å². The minimum atomic E-state index is -5.88. The predicted molar refractivity (Wildman–Crippen MR) is 153 cm³/mol. The molecule has 1 aromatic heterocycles. The second-order valence-corrected chi connectivity index (χ2v) is 14.7. The molecule has 2 rings (SSSR count). The van der Waals surface area contributed by atoms with Crippen LogP contribution in [-0.4, -0.2) is 65.5 Å². The monoisotopic (exact) mass is 715 g/mol. The third kappa shape index (κ3) is 12.5. The number of alkyl halides is 2. The van der Waals surface area contributed by atoms with Gasteiger partial charge in [0.05, 0.1) is 12.5 Å². The molecule has 1 fully saturated rings. The van der Waals surface area contributed by atoms with Gasteiger partial charge in [-0.05, 0) is 12.5 Å². The number of nitrogens with two attached hydrogens (primary N) is 1. The molecule has 1 aliphatic rings. The first-order valence-electron chi connectivity index (χ1n) is 13.6. The molecule has 0 saturated carbocycles. The minimum Gasteiger partial charge on any atom is -0.456 e. The van der Waals surface area contributed by atoms with Crippen LogP contribution in [0.2, 0.25) is 0 Å². The fraction of sp³-hybridized carbons (Fsp3) is 0.773. The van der Waals surface area contributed by atoms with Gasteiger partial charge >= 0.3 is 35.1 Å². The molecule has 254 valence electrons. The second-order valence-electron chi connectivity index (χ2n) is 10.0. The summed E-state index contributed by atoms with van der Waals surface area (Å²) in [5, 5.41) is 0. The lowest BCUT2D eigenvalue weighted by Crippen LogP contribution is -2.50. The standard InChI is InChI=1S/C22H38ClFN3O14P3/c1-2-3-4-5-6-7-8-9-10-11-17(28)38-19-18(24)20(27-13-12-16(25)26-21(27)29)39-22(19,14-23)15-37-43(33,34)41-44(35,36)40-42(30,31)32/h12-13,18-20H,2-11,14-15H2,1H3,(H,33,34)(H,35,36)(H2,25,26,29)(H2,30,31,32)/t18-,19+,20-,22-/m1/s1. The first-order chi connectivity index (χ1) is 20.4. The zero-order valence-corrected chi connectivity index (χ0v) is 27.3. The van der Waals surface area contributed by atoms with Crippen LogP contribution in [0.25, 0.3) is 0 Å². The molecule has 17 nitrogen and oxygen atoms in total. The predicted octanol–water partition coefficient (Wildman–Crippen LogP) is 3.85. The molecule has 0 radical (unpaired) electrons. The van der Waals surface area contributed by atoms with Crippen molar-refractivity contribution < 1.29 is 65.1 Å². The summed E-state index contributed by atoms with van der Waals surface area (Å²) in [5.74, 6) is -1.85. The highest BCUT2D eigenvalue weighted by Gasteiger charge is 2.60. The summed E-state index contributed by atoms with van der Waals surface area (Å²) in [6.07, 6.45) is 3.45. The van der Waals surface area contributed by atoms with E-state index in [0.717, 1.165) is 44.4 Å². The summed E-state index contributed by atoms with van der Waals surface area (Å²) < 4.78 is 74.4. The highest BCUT2D eigenvalue weighted by Crippen LogP contribution is 2.66. The number of carbonyl (C=O) groups excluding carboxylic acids is 1. The van der Waals surface area contributed by atoms with E-state index in [9.17, 15) is 33.1 Å². The van der Waals surface area contributed by atoms with Crippen molar-refractivity contribution in [2.24, 2.45) is 0 Å². The summed E-state index contributed by atoms with van der Waals surface area (Å²) in [4.78, 5) is 65.3. The number of ether oxygens (including phenoxy) is 2. The van der Waals surface area contributed by atoms with Crippen LogP contribution in [0.4, 0.5) is 10.2 Å². The van der Waals surface area contributed by atoms with Gasteiger partial charge in [0.2, 0.25) is 0 Å². The number of hydrogen-bond donors (Lipinski definition) is 5. The number of hydrogen-bond acceptors (Lipinski definition) is 12. The van der Waals surface area contributed by atoms with Gasteiger partial charge in [-0.2, -0.15) is 13.6 Å². The molecule has 0 spiro atoms. The van der Waals surface area contributed by atoms with Crippen molar-refractivity contribution in [3.8, 4) is 0 Å². The van der Waals surface area contributed by atoms with Crippen molar-refractivity contribution in [3.63, 3.8) is 0 Å². The van der Waals surface area contributed by atoms with Crippen LogP contribution >= 0.6 is 35.1 Å². The number of esters is 1. The Hall–Kier alpha value is -1.26. The second kappa shape index (κ2) is 17.1. The Labute approximate surface area is 257 Å².